The van der Waals surface area contributed by atoms with Crippen LogP contribution in [0.5, 0.6) is 5.75 Å². The van der Waals surface area contributed by atoms with E-state index in [-0.39, 0.29) is 12.5 Å². The molecule has 1 amide bonds. The number of hydrogen-bond acceptors (Lipinski definition) is 4. The normalized spacial score (nSPS) is 10.7. The highest BCUT2D eigenvalue weighted by molar-refractivity contribution is 5.92. The number of amides is 1. The van der Waals surface area contributed by atoms with E-state index in [0.717, 1.165) is 22.2 Å². The van der Waals surface area contributed by atoms with Crippen LogP contribution < -0.4 is 10.1 Å². The van der Waals surface area contributed by atoms with Gasteiger partial charge in [0.25, 0.3) is 0 Å². The second-order valence-corrected chi connectivity index (χ2v) is 5.42. The molecular formula is C17H18N4O2. The number of fused-ring (bicyclic) bond motifs is 1. The van der Waals surface area contributed by atoms with Crippen molar-refractivity contribution in [3.8, 4) is 5.75 Å². The van der Waals surface area contributed by atoms with E-state index in [0.29, 0.717) is 11.4 Å². The van der Waals surface area contributed by atoms with E-state index in [1.165, 1.54) is 0 Å². The number of nitrogens with one attached hydrogen (secondary N) is 1. The minimum absolute atomic E-state index is 0.0943. The lowest BCUT2D eigenvalue weighted by molar-refractivity contribution is -0.116. The first-order chi connectivity index (χ1) is 11.1. The van der Waals surface area contributed by atoms with Crippen LogP contribution in [-0.2, 0) is 11.3 Å². The predicted molar refractivity (Wildman–Crippen MR) is 88.6 cm³/mol. The van der Waals surface area contributed by atoms with Gasteiger partial charge in [-0.25, -0.2) is 4.68 Å². The van der Waals surface area contributed by atoms with Gasteiger partial charge in [0, 0.05) is 0 Å². The van der Waals surface area contributed by atoms with Crippen molar-refractivity contribution in [2.75, 3.05) is 12.4 Å². The van der Waals surface area contributed by atoms with Crippen molar-refractivity contribution < 1.29 is 9.53 Å². The highest BCUT2D eigenvalue weighted by atomic mass is 16.5. The first-order valence-corrected chi connectivity index (χ1v) is 7.32. The fourth-order valence-corrected chi connectivity index (χ4v) is 2.41. The first-order valence-electron chi connectivity index (χ1n) is 7.32. The number of para-hydroxylation sites is 2. The van der Waals surface area contributed by atoms with Gasteiger partial charge in [0.15, 0.2) is 0 Å². The fraction of sp³-hybridized carbons (Fsp3) is 0.235. The molecular weight excluding hydrogens is 292 g/mol. The summed E-state index contributed by atoms with van der Waals surface area (Å²) in [7, 11) is 1.57. The average molecular weight is 310 g/mol. The van der Waals surface area contributed by atoms with Gasteiger partial charge in [-0.15, -0.1) is 5.10 Å². The molecule has 0 aliphatic rings. The lowest BCUT2D eigenvalue weighted by Gasteiger charge is -2.10. The maximum atomic E-state index is 12.3. The van der Waals surface area contributed by atoms with Gasteiger partial charge in [0.05, 0.1) is 18.3 Å². The Labute approximate surface area is 134 Å². The van der Waals surface area contributed by atoms with Crippen LogP contribution in [0.25, 0.3) is 11.0 Å². The molecule has 0 atom stereocenters. The molecule has 6 heteroatoms. The van der Waals surface area contributed by atoms with Crippen molar-refractivity contribution in [3.05, 3.63) is 47.5 Å². The van der Waals surface area contributed by atoms with E-state index in [1.807, 2.05) is 38.1 Å². The summed E-state index contributed by atoms with van der Waals surface area (Å²) in [4.78, 5) is 12.3. The fourth-order valence-electron chi connectivity index (χ4n) is 2.41. The molecule has 0 fully saturated rings. The molecule has 23 heavy (non-hydrogen) atoms. The van der Waals surface area contributed by atoms with Crippen LogP contribution >= 0.6 is 0 Å². The molecule has 0 saturated heterocycles. The molecule has 118 valence electrons. The lowest BCUT2D eigenvalue weighted by atomic mass is 10.1. The van der Waals surface area contributed by atoms with Crippen LogP contribution in [0.3, 0.4) is 0 Å². The number of ether oxygens (including phenoxy) is 1. The zero-order chi connectivity index (χ0) is 16.4. The molecule has 0 saturated carbocycles. The third-order valence-electron chi connectivity index (χ3n) is 3.80. The summed E-state index contributed by atoms with van der Waals surface area (Å²) >= 11 is 0. The van der Waals surface area contributed by atoms with E-state index in [4.69, 9.17) is 4.74 Å². The quantitative estimate of drug-likeness (QED) is 0.804. The van der Waals surface area contributed by atoms with Crippen LogP contribution in [-0.4, -0.2) is 28.0 Å². The highest BCUT2D eigenvalue weighted by Gasteiger charge is 2.12. The number of rotatable bonds is 4. The van der Waals surface area contributed by atoms with E-state index in [2.05, 4.69) is 15.6 Å². The number of methoxy groups -OCH3 is 1. The van der Waals surface area contributed by atoms with Gasteiger partial charge in [-0.3, -0.25) is 4.79 Å². The second kappa shape index (κ2) is 6.08. The Hall–Kier alpha value is -2.89. The minimum atomic E-state index is -0.181. The summed E-state index contributed by atoms with van der Waals surface area (Å²) in [6.45, 7) is 4.15. The van der Waals surface area contributed by atoms with Crippen LogP contribution in [0.1, 0.15) is 11.1 Å². The van der Waals surface area contributed by atoms with Gasteiger partial charge in [0.2, 0.25) is 5.91 Å². The molecule has 3 rings (SSSR count). The smallest absolute Gasteiger partial charge is 0.246 e. The van der Waals surface area contributed by atoms with Gasteiger partial charge >= 0.3 is 0 Å². The SMILES string of the molecule is COc1ccccc1NC(=O)Cn1nnc2cc(C)c(C)cc21. The Bertz CT molecular complexity index is 870. The largest absolute Gasteiger partial charge is 0.495 e. The van der Waals surface area contributed by atoms with E-state index >= 15 is 0 Å². The summed E-state index contributed by atoms with van der Waals surface area (Å²) in [6.07, 6.45) is 0. The molecule has 1 N–H and O–H groups in total. The van der Waals surface area contributed by atoms with Crippen LogP contribution in [0.2, 0.25) is 0 Å². The van der Waals surface area contributed by atoms with Gasteiger partial charge in [-0.1, -0.05) is 17.3 Å². The van der Waals surface area contributed by atoms with Gasteiger partial charge in [-0.2, -0.15) is 0 Å². The van der Waals surface area contributed by atoms with Crippen LogP contribution in [0.4, 0.5) is 5.69 Å². The molecule has 1 heterocycles. The molecule has 0 aliphatic carbocycles. The molecule has 0 spiro atoms. The molecule has 2 aromatic carbocycles. The summed E-state index contributed by atoms with van der Waals surface area (Å²) in [5.74, 6) is 0.440. The lowest BCUT2D eigenvalue weighted by Crippen LogP contribution is -2.20. The number of anilines is 1. The number of hydrogen-bond donors (Lipinski definition) is 1. The van der Waals surface area contributed by atoms with Crippen molar-refractivity contribution in [2.45, 2.75) is 20.4 Å². The Morgan fingerprint density at radius 3 is 2.74 bits per heavy atom. The summed E-state index contributed by atoms with van der Waals surface area (Å²) in [5.41, 5.74) is 4.58. The number of benzene rings is 2. The van der Waals surface area contributed by atoms with Gasteiger partial charge < -0.3 is 10.1 Å². The molecule has 0 aliphatic heterocycles. The standard InChI is InChI=1S/C17H18N4O2/c1-11-8-14-15(9-12(11)2)21(20-19-14)10-17(22)18-13-6-4-5-7-16(13)23-3/h4-9H,10H2,1-3H3,(H,18,22). The predicted octanol–water partition coefficient (Wildman–Crippen LogP) is 2.70. The highest BCUT2D eigenvalue weighted by Crippen LogP contribution is 2.23. The monoisotopic (exact) mass is 310 g/mol. The molecule has 1 aromatic heterocycles. The number of carbonyl (C=O) groups is 1. The molecule has 3 aromatic rings. The molecule has 0 bridgehead atoms. The van der Waals surface area contributed by atoms with E-state index < -0.39 is 0 Å². The Morgan fingerprint density at radius 2 is 1.96 bits per heavy atom. The van der Waals surface area contributed by atoms with Crippen molar-refractivity contribution in [1.82, 2.24) is 15.0 Å². The summed E-state index contributed by atoms with van der Waals surface area (Å²) < 4.78 is 6.83. The zero-order valence-corrected chi connectivity index (χ0v) is 13.3. The molecule has 0 radical (unpaired) electrons. The topological polar surface area (TPSA) is 69.0 Å². The Kier molecular flexibility index (Phi) is 3.97. The summed E-state index contributed by atoms with van der Waals surface area (Å²) in [5, 5.41) is 11.0. The maximum Gasteiger partial charge on any atom is 0.246 e. The van der Waals surface area contributed by atoms with Crippen molar-refractivity contribution >= 4 is 22.6 Å². The van der Waals surface area contributed by atoms with Crippen molar-refractivity contribution in [2.24, 2.45) is 0 Å². The number of aromatic nitrogens is 3. The number of nitrogens with zero attached hydrogens (tertiary/aromatic N) is 3. The first kappa shape index (κ1) is 15.0. The molecule has 0 unspecified atom stereocenters. The van der Waals surface area contributed by atoms with Gasteiger partial charge in [-0.05, 0) is 49.2 Å². The van der Waals surface area contributed by atoms with E-state index in [1.54, 1.807) is 23.9 Å². The Morgan fingerprint density at radius 1 is 1.22 bits per heavy atom. The second-order valence-electron chi connectivity index (χ2n) is 5.42. The number of aryl methyl sites for hydroxylation is 2. The van der Waals surface area contributed by atoms with Crippen LogP contribution in [0, 0.1) is 13.8 Å². The van der Waals surface area contributed by atoms with Crippen LogP contribution in [0.15, 0.2) is 36.4 Å². The number of carbonyl (C=O) groups excluding carboxylic acids is 1. The maximum absolute atomic E-state index is 12.3. The summed E-state index contributed by atoms with van der Waals surface area (Å²) in [6, 6.07) is 11.3. The van der Waals surface area contributed by atoms with Crippen molar-refractivity contribution in [3.63, 3.8) is 0 Å². The third kappa shape index (κ3) is 3.01. The van der Waals surface area contributed by atoms with E-state index in [9.17, 15) is 4.79 Å². The van der Waals surface area contributed by atoms with Crippen molar-refractivity contribution in [1.29, 1.82) is 0 Å². The average Bonchev–Trinajstić information content (AvgIpc) is 2.90. The minimum Gasteiger partial charge on any atom is -0.495 e. The molecule has 6 nitrogen and oxygen atoms in total. The van der Waals surface area contributed by atoms with Gasteiger partial charge in [0.1, 0.15) is 17.8 Å². The zero-order valence-electron chi connectivity index (χ0n) is 13.3. The third-order valence-corrected chi connectivity index (χ3v) is 3.80. The Balaban J connectivity index is 1.82.